The van der Waals surface area contributed by atoms with Crippen LogP contribution in [0.1, 0.15) is 51.0 Å². The van der Waals surface area contributed by atoms with Crippen LogP contribution in [0.3, 0.4) is 0 Å². The lowest BCUT2D eigenvalue weighted by Crippen LogP contribution is -2.45. The third kappa shape index (κ3) is 3.28. The van der Waals surface area contributed by atoms with E-state index in [2.05, 4.69) is 24.4 Å². The van der Waals surface area contributed by atoms with E-state index in [9.17, 15) is 5.11 Å². The summed E-state index contributed by atoms with van der Waals surface area (Å²) in [6.45, 7) is 3.18. The van der Waals surface area contributed by atoms with Crippen LogP contribution in [0.15, 0.2) is 24.3 Å². The van der Waals surface area contributed by atoms with Crippen molar-refractivity contribution in [2.45, 2.75) is 63.0 Å². The van der Waals surface area contributed by atoms with Crippen molar-refractivity contribution in [2.75, 3.05) is 6.54 Å². The number of halogens is 1. The third-order valence-corrected chi connectivity index (χ3v) is 5.86. The van der Waals surface area contributed by atoms with Gasteiger partial charge in [0.1, 0.15) is 0 Å². The number of piperidine rings is 1. The van der Waals surface area contributed by atoms with E-state index in [4.69, 9.17) is 11.6 Å². The van der Waals surface area contributed by atoms with Gasteiger partial charge in [-0.05, 0) is 68.1 Å². The second-order valence-corrected chi connectivity index (χ2v) is 7.50. The van der Waals surface area contributed by atoms with Crippen LogP contribution < -0.4 is 5.32 Å². The van der Waals surface area contributed by atoms with Gasteiger partial charge in [0.05, 0.1) is 6.10 Å². The molecule has 1 aliphatic heterocycles. The molecule has 1 aliphatic carbocycles. The molecule has 0 radical (unpaired) electrons. The first-order chi connectivity index (χ1) is 10.1. The third-order valence-electron chi connectivity index (χ3n) is 5.61. The van der Waals surface area contributed by atoms with Crippen molar-refractivity contribution in [3.63, 3.8) is 0 Å². The van der Waals surface area contributed by atoms with Crippen LogP contribution >= 0.6 is 11.6 Å². The Bertz CT molecular complexity index is 461. The van der Waals surface area contributed by atoms with E-state index in [0.29, 0.717) is 12.0 Å². The van der Waals surface area contributed by atoms with Crippen LogP contribution in [0.2, 0.25) is 5.02 Å². The molecule has 1 unspecified atom stereocenters. The molecule has 3 heteroatoms. The van der Waals surface area contributed by atoms with Gasteiger partial charge in [0, 0.05) is 17.6 Å². The number of nitrogens with one attached hydrogen (secondary N) is 1. The first-order valence-electron chi connectivity index (χ1n) is 8.27. The lowest BCUT2D eigenvalue weighted by molar-refractivity contribution is 0.0367. The molecule has 2 nitrogen and oxygen atoms in total. The number of benzene rings is 1. The van der Waals surface area contributed by atoms with Gasteiger partial charge < -0.3 is 10.4 Å². The molecule has 3 rings (SSSR count). The smallest absolute Gasteiger partial charge is 0.0589 e. The van der Waals surface area contributed by atoms with Crippen molar-refractivity contribution < 1.29 is 5.11 Å². The predicted molar refractivity (Wildman–Crippen MR) is 87.8 cm³/mol. The quantitative estimate of drug-likeness (QED) is 0.884. The molecule has 1 heterocycles. The zero-order valence-corrected chi connectivity index (χ0v) is 13.6. The fourth-order valence-electron chi connectivity index (χ4n) is 3.93. The second-order valence-electron chi connectivity index (χ2n) is 7.06. The summed E-state index contributed by atoms with van der Waals surface area (Å²) in [4.78, 5) is 0. The SMILES string of the molecule is C[C@H]1CC[C@@H](C(O)CC2(c3ccc(Cl)cc3)CCC2)CN1. The summed E-state index contributed by atoms with van der Waals surface area (Å²) in [6, 6.07) is 8.85. The van der Waals surface area contributed by atoms with Gasteiger partial charge in [-0.1, -0.05) is 30.2 Å². The van der Waals surface area contributed by atoms with Crippen LogP contribution in [-0.2, 0) is 5.41 Å². The highest BCUT2D eigenvalue weighted by molar-refractivity contribution is 6.30. The summed E-state index contributed by atoms with van der Waals surface area (Å²) in [7, 11) is 0. The van der Waals surface area contributed by atoms with E-state index in [1.165, 1.54) is 31.2 Å². The molecule has 21 heavy (non-hydrogen) atoms. The largest absolute Gasteiger partial charge is 0.393 e. The van der Waals surface area contributed by atoms with Crippen LogP contribution in [0, 0.1) is 5.92 Å². The molecule has 2 fully saturated rings. The van der Waals surface area contributed by atoms with E-state index >= 15 is 0 Å². The Labute approximate surface area is 132 Å². The number of hydrogen-bond donors (Lipinski definition) is 2. The van der Waals surface area contributed by atoms with Crippen molar-refractivity contribution in [1.29, 1.82) is 0 Å². The highest BCUT2D eigenvalue weighted by Gasteiger charge is 2.41. The highest BCUT2D eigenvalue weighted by atomic mass is 35.5. The van der Waals surface area contributed by atoms with Gasteiger partial charge in [-0.15, -0.1) is 0 Å². The van der Waals surface area contributed by atoms with Gasteiger partial charge in [0.25, 0.3) is 0 Å². The molecular weight excluding hydrogens is 282 g/mol. The first-order valence-corrected chi connectivity index (χ1v) is 8.64. The molecule has 0 spiro atoms. The lowest BCUT2D eigenvalue weighted by Gasteiger charge is -2.45. The monoisotopic (exact) mass is 307 g/mol. The summed E-state index contributed by atoms with van der Waals surface area (Å²) in [5.74, 6) is 0.408. The Morgan fingerprint density at radius 2 is 2.00 bits per heavy atom. The normalized spacial score (nSPS) is 29.7. The summed E-state index contributed by atoms with van der Waals surface area (Å²) >= 11 is 6.01. The molecular formula is C18H26ClNO. The van der Waals surface area contributed by atoms with Crippen molar-refractivity contribution in [3.8, 4) is 0 Å². The number of aliphatic hydroxyl groups is 1. The standard InChI is InChI=1S/C18H26ClNO/c1-13-3-4-14(12-20-13)17(21)11-18(9-2-10-18)15-5-7-16(19)8-6-15/h5-8,13-14,17,20-21H,2-4,9-12H2,1H3/t13-,14+,17?/m0/s1. The Balaban J connectivity index is 1.67. The van der Waals surface area contributed by atoms with Gasteiger partial charge in [-0.2, -0.15) is 0 Å². The van der Waals surface area contributed by atoms with Crippen molar-refractivity contribution >= 4 is 11.6 Å². The Morgan fingerprint density at radius 1 is 1.29 bits per heavy atom. The van der Waals surface area contributed by atoms with Gasteiger partial charge in [0.2, 0.25) is 0 Å². The number of aliphatic hydroxyl groups excluding tert-OH is 1. The van der Waals surface area contributed by atoms with Gasteiger partial charge >= 0.3 is 0 Å². The van der Waals surface area contributed by atoms with Crippen molar-refractivity contribution in [1.82, 2.24) is 5.32 Å². The number of hydrogen-bond acceptors (Lipinski definition) is 2. The van der Waals surface area contributed by atoms with Crippen LogP contribution in [-0.4, -0.2) is 23.8 Å². The van der Waals surface area contributed by atoms with Crippen LogP contribution in [0.5, 0.6) is 0 Å². The van der Waals surface area contributed by atoms with E-state index in [-0.39, 0.29) is 11.5 Å². The molecule has 1 aromatic rings. The molecule has 1 saturated carbocycles. The summed E-state index contributed by atoms with van der Waals surface area (Å²) in [5, 5.41) is 15.0. The average Bonchev–Trinajstić information content (AvgIpc) is 2.44. The Morgan fingerprint density at radius 3 is 2.52 bits per heavy atom. The first kappa shape index (κ1) is 15.3. The zero-order chi connectivity index (χ0) is 14.9. The Kier molecular flexibility index (Phi) is 4.58. The average molecular weight is 308 g/mol. The van der Waals surface area contributed by atoms with Crippen LogP contribution in [0.4, 0.5) is 0 Å². The maximum absolute atomic E-state index is 10.7. The van der Waals surface area contributed by atoms with E-state index < -0.39 is 0 Å². The van der Waals surface area contributed by atoms with Crippen molar-refractivity contribution in [3.05, 3.63) is 34.9 Å². The maximum atomic E-state index is 10.7. The molecule has 2 N–H and O–H groups in total. The highest BCUT2D eigenvalue weighted by Crippen LogP contribution is 2.48. The van der Waals surface area contributed by atoms with E-state index in [0.717, 1.165) is 24.4 Å². The minimum atomic E-state index is -0.194. The minimum Gasteiger partial charge on any atom is -0.393 e. The van der Waals surface area contributed by atoms with E-state index in [1.807, 2.05) is 12.1 Å². The predicted octanol–water partition coefficient (Wildman–Crippen LogP) is 3.90. The topological polar surface area (TPSA) is 32.3 Å². The van der Waals surface area contributed by atoms with E-state index in [1.54, 1.807) is 0 Å². The fraction of sp³-hybridized carbons (Fsp3) is 0.667. The molecule has 0 aromatic heterocycles. The summed E-state index contributed by atoms with van der Waals surface area (Å²) < 4.78 is 0. The molecule has 116 valence electrons. The van der Waals surface area contributed by atoms with Gasteiger partial charge in [-0.25, -0.2) is 0 Å². The van der Waals surface area contributed by atoms with Crippen molar-refractivity contribution in [2.24, 2.45) is 5.92 Å². The molecule has 0 amide bonds. The molecule has 1 aromatic carbocycles. The van der Waals surface area contributed by atoms with Crippen LogP contribution in [0.25, 0.3) is 0 Å². The zero-order valence-electron chi connectivity index (χ0n) is 12.8. The molecule has 0 bridgehead atoms. The maximum Gasteiger partial charge on any atom is 0.0589 e. The second kappa shape index (κ2) is 6.28. The molecule has 2 aliphatic rings. The molecule has 3 atom stereocenters. The van der Waals surface area contributed by atoms with Gasteiger partial charge in [-0.3, -0.25) is 0 Å². The summed E-state index contributed by atoms with van der Waals surface area (Å²) in [6.07, 6.45) is 6.69. The van der Waals surface area contributed by atoms with Gasteiger partial charge in [0.15, 0.2) is 0 Å². The Hall–Kier alpha value is -0.570. The molecule has 1 saturated heterocycles. The number of rotatable bonds is 4. The minimum absolute atomic E-state index is 0.188. The fourth-order valence-corrected chi connectivity index (χ4v) is 4.06. The lowest BCUT2D eigenvalue weighted by atomic mass is 9.60. The summed E-state index contributed by atoms with van der Waals surface area (Å²) in [5.41, 5.74) is 1.54.